The normalized spacial score (nSPS) is 10.4. The molecule has 0 bridgehead atoms. The Hall–Kier alpha value is -1.81. The molecule has 21 heavy (non-hydrogen) atoms. The van der Waals surface area contributed by atoms with E-state index in [4.69, 9.17) is 11.6 Å². The van der Waals surface area contributed by atoms with Gasteiger partial charge in [-0.05, 0) is 31.0 Å². The first-order valence-electron chi connectivity index (χ1n) is 7.30. The molecule has 0 aliphatic rings. The van der Waals surface area contributed by atoms with E-state index in [1.165, 1.54) is 0 Å². The number of benzene rings is 1. The van der Waals surface area contributed by atoms with Gasteiger partial charge in [0.25, 0.3) is 0 Å². The molecule has 2 aromatic rings. The van der Waals surface area contributed by atoms with Crippen molar-refractivity contribution in [2.24, 2.45) is 0 Å². The van der Waals surface area contributed by atoms with Gasteiger partial charge in [-0.1, -0.05) is 37.1 Å². The summed E-state index contributed by atoms with van der Waals surface area (Å²) in [6.45, 7) is 5.77. The molecule has 1 aromatic heterocycles. The number of rotatable bonds is 7. The zero-order valence-electron chi connectivity index (χ0n) is 12.5. The zero-order valence-corrected chi connectivity index (χ0v) is 13.2. The van der Waals surface area contributed by atoms with Crippen LogP contribution in [0.2, 0.25) is 5.02 Å². The maximum atomic E-state index is 6.01. The number of hydrogen-bond donors (Lipinski definition) is 2. The molecular formula is C16H21ClN4. The summed E-state index contributed by atoms with van der Waals surface area (Å²) in [5.74, 6) is 1.81. The highest BCUT2D eigenvalue weighted by Crippen LogP contribution is 2.22. The molecule has 0 amide bonds. The fourth-order valence-electron chi connectivity index (χ4n) is 2.20. The van der Waals surface area contributed by atoms with Gasteiger partial charge in [-0.3, -0.25) is 0 Å². The molecule has 2 rings (SSSR count). The number of anilines is 2. The monoisotopic (exact) mass is 304 g/mol. The van der Waals surface area contributed by atoms with E-state index in [0.717, 1.165) is 47.2 Å². The maximum absolute atomic E-state index is 6.01. The topological polar surface area (TPSA) is 49.8 Å². The highest BCUT2D eigenvalue weighted by molar-refractivity contribution is 6.30. The van der Waals surface area contributed by atoms with Gasteiger partial charge >= 0.3 is 0 Å². The average Bonchev–Trinajstić information content (AvgIpc) is 2.48. The van der Waals surface area contributed by atoms with E-state index in [-0.39, 0.29) is 0 Å². The van der Waals surface area contributed by atoms with Gasteiger partial charge in [0, 0.05) is 23.7 Å². The minimum atomic E-state index is 0.694. The zero-order chi connectivity index (χ0) is 15.1. The Bertz CT molecular complexity index is 586. The van der Waals surface area contributed by atoms with Crippen LogP contribution < -0.4 is 10.6 Å². The number of nitrogens with one attached hydrogen (secondary N) is 2. The lowest BCUT2D eigenvalue weighted by atomic mass is 10.1. The SMILES string of the molecule is CCCc1c(NCC)ncnc1NCc1cccc(Cl)c1. The molecule has 4 nitrogen and oxygen atoms in total. The van der Waals surface area contributed by atoms with E-state index < -0.39 is 0 Å². The lowest BCUT2D eigenvalue weighted by Crippen LogP contribution is -2.10. The minimum Gasteiger partial charge on any atom is -0.370 e. The van der Waals surface area contributed by atoms with Gasteiger partial charge in [-0.2, -0.15) is 0 Å². The first-order valence-corrected chi connectivity index (χ1v) is 7.68. The summed E-state index contributed by atoms with van der Waals surface area (Å²) in [6.07, 6.45) is 3.59. The number of nitrogens with zero attached hydrogens (tertiary/aromatic N) is 2. The quantitative estimate of drug-likeness (QED) is 0.807. The van der Waals surface area contributed by atoms with Crippen molar-refractivity contribution in [2.75, 3.05) is 17.2 Å². The molecule has 0 aliphatic carbocycles. The second-order valence-electron chi connectivity index (χ2n) is 4.81. The van der Waals surface area contributed by atoms with Crippen molar-refractivity contribution in [3.05, 3.63) is 46.7 Å². The van der Waals surface area contributed by atoms with Crippen LogP contribution in [0.25, 0.3) is 0 Å². The summed E-state index contributed by atoms with van der Waals surface area (Å²) >= 11 is 6.01. The van der Waals surface area contributed by atoms with Crippen LogP contribution in [0.15, 0.2) is 30.6 Å². The Morgan fingerprint density at radius 3 is 2.52 bits per heavy atom. The van der Waals surface area contributed by atoms with Crippen LogP contribution in [0.4, 0.5) is 11.6 Å². The van der Waals surface area contributed by atoms with Gasteiger partial charge in [-0.25, -0.2) is 9.97 Å². The standard InChI is InChI=1S/C16H21ClN4/c1-3-6-14-15(18-4-2)20-11-21-16(14)19-10-12-7-5-8-13(17)9-12/h5,7-9,11H,3-4,6,10H2,1-2H3,(H2,18,19,20,21). The predicted octanol–water partition coefficient (Wildman–Crippen LogP) is 4.13. The third kappa shape index (κ3) is 4.33. The number of aromatic nitrogens is 2. The van der Waals surface area contributed by atoms with E-state index in [9.17, 15) is 0 Å². The molecule has 0 aliphatic heterocycles. The van der Waals surface area contributed by atoms with Crippen molar-refractivity contribution in [1.29, 1.82) is 0 Å². The van der Waals surface area contributed by atoms with E-state index in [1.807, 2.05) is 24.3 Å². The van der Waals surface area contributed by atoms with E-state index in [2.05, 4.69) is 34.4 Å². The van der Waals surface area contributed by atoms with Crippen molar-refractivity contribution < 1.29 is 0 Å². The highest BCUT2D eigenvalue weighted by atomic mass is 35.5. The summed E-state index contributed by atoms with van der Waals surface area (Å²) in [6, 6.07) is 7.84. The third-order valence-electron chi connectivity index (χ3n) is 3.14. The lowest BCUT2D eigenvalue weighted by molar-refractivity contribution is 0.895. The Labute approximate surface area is 131 Å². The van der Waals surface area contributed by atoms with Crippen LogP contribution in [0.5, 0.6) is 0 Å². The molecule has 2 N–H and O–H groups in total. The average molecular weight is 305 g/mol. The predicted molar refractivity (Wildman–Crippen MR) is 89.0 cm³/mol. The summed E-state index contributed by atoms with van der Waals surface area (Å²) in [5, 5.41) is 7.44. The molecule has 0 spiro atoms. The van der Waals surface area contributed by atoms with Gasteiger partial charge in [-0.15, -0.1) is 0 Å². The van der Waals surface area contributed by atoms with Crippen molar-refractivity contribution in [3.8, 4) is 0 Å². The summed E-state index contributed by atoms with van der Waals surface area (Å²) in [7, 11) is 0. The third-order valence-corrected chi connectivity index (χ3v) is 3.37. The van der Waals surface area contributed by atoms with Crippen LogP contribution in [-0.2, 0) is 13.0 Å². The van der Waals surface area contributed by atoms with Crippen LogP contribution >= 0.6 is 11.6 Å². The Morgan fingerprint density at radius 2 is 1.86 bits per heavy atom. The maximum Gasteiger partial charge on any atom is 0.134 e. The molecular weight excluding hydrogens is 284 g/mol. The molecule has 1 aromatic carbocycles. The first kappa shape index (κ1) is 15.6. The summed E-state index contributed by atoms with van der Waals surface area (Å²) < 4.78 is 0. The van der Waals surface area contributed by atoms with Gasteiger partial charge in [0.2, 0.25) is 0 Å². The lowest BCUT2D eigenvalue weighted by Gasteiger charge is -2.14. The number of halogens is 1. The Kier molecular flexibility index (Phi) is 5.81. The highest BCUT2D eigenvalue weighted by Gasteiger charge is 2.10. The van der Waals surface area contributed by atoms with Crippen molar-refractivity contribution >= 4 is 23.2 Å². The molecule has 0 saturated heterocycles. The molecule has 0 unspecified atom stereocenters. The second-order valence-corrected chi connectivity index (χ2v) is 5.25. The van der Waals surface area contributed by atoms with Gasteiger partial charge < -0.3 is 10.6 Å². The molecule has 0 radical (unpaired) electrons. The number of hydrogen-bond acceptors (Lipinski definition) is 4. The minimum absolute atomic E-state index is 0.694. The molecule has 112 valence electrons. The summed E-state index contributed by atoms with van der Waals surface area (Å²) in [4.78, 5) is 8.72. The van der Waals surface area contributed by atoms with Crippen LogP contribution in [0, 0.1) is 0 Å². The molecule has 1 heterocycles. The van der Waals surface area contributed by atoms with E-state index >= 15 is 0 Å². The second kappa shape index (κ2) is 7.84. The molecule has 0 atom stereocenters. The Morgan fingerprint density at radius 1 is 1.10 bits per heavy atom. The smallest absolute Gasteiger partial charge is 0.134 e. The molecule has 0 fully saturated rings. The molecule has 5 heteroatoms. The van der Waals surface area contributed by atoms with Crippen LogP contribution in [0.1, 0.15) is 31.4 Å². The fraction of sp³-hybridized carbons (Fsp3) is 0.375. The summed E-state index contributed by atoms with van der Waals surface area (Å²) in [5.41, 5.74) is 2.28. The van der Waals surface area contributed by atoms with Gasteiger partial charge in [0.05, 0.1) is 0 Å². The van der Waals surface area contributed by atoms with Crippen molar-refractivity contribution in [3.63, 3.8) is 0 Å². The van der Waals surface area contributed by atoms with Gasteiger partial charge in [0.1, 0.15) is 18.0 Å². The largest absolute Gasteiger partial charge is 0.370 e. The first-order chi connectivity index (χ1) is 10.2. The van der Waals surface area contributed by atoms with Crippen LogP contribution in [0.3, 0.4) is 0 Å². The fourth-order valence-corrected chi connectivity index (χ4v) is 2.42. The molecule has 0 saturated carbocycles. The van der Waals surface area contributed by atoms with E-state index in [0.29, 0.717) is 6.54 Å². The Balaban J connectivity index is 2.16. The van der Waals surface area contributed by atoms with E-state index in [1.54, 1.807) is 6.33 Å². The van der Waals surface area contributed by atoms with Gasteiger partial charge in [0.15, 0.2) is 0 Å². The van der Waals surface area contributed by atoms with Crippen molar-refractivity contribution in [1.82, 2.24) is 9.97 Å². The van der Waals surface area contributed by atoms with Crippen LogP contribution in [-0.4, -0.2) is 16.5 Å². The van der Waals surface area contributed by atoms with Crippen molar-refractivity contribution in [2.45, 2.75) is 33.2 Å².